The Morgan fingerprint density at radius 3 is 2.50 bits per heavy atom. The first-order chi connectivity index (χ1) is 13.6. The van der Waals surface area contributed by atoms with Crippen LogP contribution in [0.15, 0.2) is 61.1 Å². The molecule has 0 aliphatic carbocycles. The predicted molar refractivity (Wildman–Crippen MR) is 109 cm³/mol. The number of rotatable bonds is 6. The molecule has 0 bridgehead atoms. The summed E-state index contributed by atoms with van der Waals surface area (Å²) in [6.07, 6.45) is 7.33. The maximum absolute atomic E-state index is 4.91. The normalized spacial score (nSPS) is 12.2. The molecule has 0 saturated heterocycles. The lowest BCUT2D eigenvalue weighted by Gasteiger charge is -2.15. The number of imidazole rings is 1. The van der Waals surface area contributed by atoms with Crippen molar-refractivity contribution < 1.29 is 0 Å². The summed E-state index contributed by atoms with van der Waals surface area (Å²) < 4.78 is 4.06. The van der Waals surface area contributed by atoms with Crippen LogP contribution in [-0.2, 0) is 12.8 Å². The van der Waals surface area contributed by atoms with Crippen molar-refractivity contribution >= 4 is 0 Å². The van der Waals surface area contributed by atoms with E-state index in [2.05, 4.69) is 45.7 Å². The van der Waals surface area contributed by atoms with Crippen LogP contribution < -0.4 is 0 Å². The van der Waals surface area contributed by atoms with E-state index in [1.54, 1.807) is 0 Å². The smallest absolute Gasteiger partial charge is 0.155 e. The van der Waals surface area contributed by atoms with E-state index in [1.807, 2.05) is 55.3 Å². The van der Waals surface area contributed by atoms with E-state index in [0.29, 0.717) is 0 Å². The zero-order valence-corrected chi connectivity index (χ0v) is 16.4. The van der Waals surface area contributed by atoms with Gasteiger partial charge in [-0.2, -0.15) is 5.10 Å². The zero-order chi connectivity index (χ0) is 19.5. The van der Waals surface area contributed by atoms with Crippen LogP contribution in [0.3, 0.4) is 0 Å². The third kappa shape index (κ3) is 3.71. The molecule has 28 heavy (non-hydrogen) atoms. The fraction of sp³-hybridized carbons (Fsp3) is 0.273. The van der Waals surface area contributed by atoms with E-state index in [-0.39, 0.29) is 6.04 Å². The average Bonchev–Trinajstić information content (AvgIpc) is 3.33. The molecule has 142 valence electrons. The van der Waals surface area contributed by atoms with Gasteiger partial charge in [0.1, 0.15) is 5.82 Å². The minimum absolute atomic E-state index is 0.0222. The van der Waals surface area contributed by atoms with E-state index < -0.39 is 0 Å². The molecule has 0 aliphatic heterocycles. The molecular formula is C22H24N6. The fourth-order valence-electron chi connectivity index (χ4n) is 3.42. The van der Waals surface area contributed by atoms with Crippen LogP contribution in [0.2, 0.25) is 0 Å². The molecule has 1 aromatic carbocycles. The second kappa shape index (κ2) is 7.76. The molecule has 0 spiro atoms. The Hall–Kier alpha value is -3.28. The number of aryl methyl sites for hydroxylation is 4. The summed E-state index contributed by atoms with van der Waals surface area (Å²) in [4.78, 5) is 13.6. The molecule has 0 aliphatic rings. The first-order valence-corrected chi connectivity index (χ1v) is 9.54. The van der Waals surface area contributed by atoms with E-state index in [4.69, 9.17) is 10.1 Å². The van der Waals surface area contributed by atoms with E-state index in [0.717, 1.165) is 41.7 Å². The first kappa shape index (κ1) is 18.1. The molecule has 1 atom stereocenters. The van der Waals surface area contributed by atoms with Crippen molar-refractivity contribution in [3.63, 3.8) is 0 Å². The quantitative estimate of drug-likeness (QED) is 0.515. The summed E-state index contributed by atoms with van der Waals surface area (Å²) in [5.41, 5.74) is 3.22. The Kier molecular flexibility index (Phi) is 5.02. The zero-order valence-electron chi connectivity index (χ0n) is 16.4. The van der Waals surface area contributed by atoms with Gasteiger partial charge < -0.3 is 4.57 Å². The molecule has 4 rings (SSSR count). The molecule has 0 fully saturated rings. The van der Waals surface area contributed by atoms with Crippen molar-refractivity contribution in [2.24, 2.45) is 0 Å². The highest BCUT2D eigenvalue weighted by atomic mass is 15.4. The van der Waals surface area contributed by atoms with Crippen molar-refractivity contribution in [2.45, 2.75) is 39.7 Å². The number of aromatic nitrogens is 6. The van der Waals surface area contributed by atoms with E-state index in [1.165, 1.54) is 5.56 Å². The summed E-state index contributed by atoms with van der Waals surface area (Å²) in [5, 5.41) is 4.84. The van der Waals surface area contributed by atoms with Gasteiger partial charge in [-0.15, -0.1) is 0 Å². The minimum Gasteiger partial charge on any atom is -0.325 e. The lowest BCUT2D eigenvalue weighted by Crippen LogP contribution is -2.14. The van der Waals surface area contributed by atoms with Crippen LogP contribution >= 0.6 is 0 Å². The van der Waals surface area contributed by atoms with Crippen molar-refractivity contribution in [3.05, 3.63) is 89.8 Å². The molecule has 1 unspecified atom stereocenters. The van der Waals surface area contributed by atoms with Crippen LogP contribution in [0.4, 0.5) is 0 Å². The second-order valence-electron chi connectivity index (χ2n) is 7.00. The van der Waals surface area contributed by atoms with Gasteiger partial charge in [-0.25, -0.2) is 14.6 Å². The summed E-state index contributed by atoms with van der Waals surface area (Å²) >= 11 is 0. The summed E-state index contributed by atoms with van der Waals surface area (Å²) in [6, 6.07) is 14.5. The van der Waals surface area contributed by atoms with Crippen LogP contribution in [0.5, 0.6) is 0 Å². The molecule has 6 heteroatoms. The van der Waals surface area contributed by atoms with Crippen molar-refractivity contribution in [1.82, 2.24) is 29.3 Å². The van der Waals surface area contributed by atoms with Gasteiger partial charge in [-0.3, -0.25) is 4.98 Å². The maximum Gasteiger partial charge on any atom is 0.155 e. The highest BCUT2D eigenvalue weighted by Gasteiger charge is 2.20. The van der Waals surface area contributed by atoms with Crippen LogP contribution in [0, 0.1) is 13.8 Å². The Labute approximate surface area is 164 Å². The lowest BCUT2D eigenvalue weighted by molar-refractivity contribution is 0.565. The largest absolute Gasteiger partial charge is 0.325 e. The van der Waals surface area contributed by atoms with Gasteiger partial charge in [0, 0.05) is 30.7 Å². The number of benzene rings is 1. The van der Waals surface area contributed by atoms with Gasteiger partial charge in [0.05, 0.1) is 11.7 Å². The molecular weight excluding hydrogens is 348 g/mol. The Bertz CT molecular complexity index is 1060. The SMILES string of the molecule is Cc1cc(-n2nc(CCc3ccccc3)nc2C(C)n2ccnc2C)ccn1. The van der Waals surface area contributed by atoms with Gasteiger partial charge >= 0.3 is 0 Å². The summed E-state index contributed by atoms with van der Waals surface area (Å²) in [7, 11) is 0. The standard InChI is InChI=1S/C22H24N6/c1-16-15-20(11-12-23-16)28-22(17(2)27-14-13-24-18(27)3)25-21(26-28)10-9-19-7-5-4-6-8-19/h4-8,11-15,17H,9-10H2,1-3H3. The van der Waals surface area contributed by atoms with Crippen molar-refractivity contribution in [1.29, 1.82) is 0 Å². The van der Waals surface area contributed by atoms with Crippen molar-refractivity contribution in [2.75, 3.05) is 0 Å². The lowest BCUT2D eigenvalue weighted by atomic mass is 10.1. The van der Waals surface area contributed by atoms with Gasteiger partial charge in [-0.05, 0) is 44.9 Å². The highest BCUT2D eigenvalue weighted by Crippen LogP contribution is 2.22. The molecule has 3 aromatic heterocycles. The topological polar surface area (TPSA) is 61.4 Å². The second-order valence-corrected chi connectivity index (χ2v) is 7.00. The third-order valence-corrected chi connectivity index (χ3v) is 4.93. The average molecular weight is 372 g/mol. The molecule has 4 aromatic rings. The highest BCUT2D eigenvalue weighted by molar-refractivity contribution is 5.32. The van der Waals surface area contributed by atoms with E-state index >= 15 is 0 Å². The van der Waals surface area contributed by atoms with Gasteiger partial charge in [0.2, 0.25) is 0 Å². The third-order valence-electron chi connectivity index (χ3n) is 4.93. The predicted octanol–water partition coefficient (Wildman–Crippen LogP) is 3.87. The first-order valence-electron chi connectivity index (χ1n) is 9.54. The summed E-state index contributed by atoms with van der Waals surface area (Å²) in [6.45, 7) is 6.12. The minimum atomic E-state index is 0.0222. The fourth-order valence-corrected chi connectivity index (χ4v) is 3.42. The van der Waals surface area contributed by atoms with Gasteiger partial charge in [-0.1, -0.05) is 30.3 Å². The molecule has 0 amide bonds. The summed E-state index contributed by atoms with van der Waals surface area (Å²) in [5.74, 6) is 2.70. The van der Waals surface area contributed by atoms with Gasteiger partial charge in [0.25, 0.3) is 0 Å². The van der Waals surface area contributed by atoms with Crippen LogP contribution in [-0.4, -0.2) is 29.3 Å². The van der Waals surface area contributed by atoms with Gasteiger partial charge in [0.15, 0.2) is 11.6 Å². The molecule has 3 heterocycles. The van der Waals surface area contributed by atoms with Crippen LogP contribution in [0.25, 0.3) is 5.69 Å². The molecule has 0 saturated carbocycles. The number of hydrogen-bond donors (Lipinski definition) is 0. The Morgan fingerprint density at radius 1 is 0.964 bits per heavy atom. The molecule has 0 radical (unpaired) electrons. The Morgan fingerprint density at radius 2 is 1.79 bits per heavy atom. The Balaban J connectivity index is 1.70. The molecule has 0 N–H and O–H groups in total. The van der Waals surface area contributed by atoms with E-state index in [9.17, 15) is 0 Å². The monoisotopic (exact) mass is 372 g/mol. The van der Waals surface area contributed by atoms with Crippen LogP contribution in [0.1, 0.15) is 41.7 Å². The maximum atomic E-state index is 4.91. The molecule has 6 nitrogen and oxygen atoms in total. The number of pyridine rings is 1. The number of nitrogens with zero attached hydrogens (tertiary/aromatic N) is 6. The number of hydrogen-bond acceptors (Lipinski definition) is 4. The van der Waals surface area contributed by atoms with Crippen molar-refractivity contribution in [3.8, 4) is 5.69 Å².